The predicted molar refractivity (Wildman–Crippen MR) is 70.5 cm³/mol. The van der Waals surface area contributed by atoms with Crippen LogP contribution >= 0.6 is 0 Å². The van der Waals surface area contributed by atoms with Crippen molar-refractivity contribution in [2.75, 3.05) is 7.05 Å². The standard InChI is InChI=1S/C15H16F3NO/c1-9-7-13(10(2)20-9)14(19-3)11-5-4-6-12(8-11)15(16,17)18/h4-8,14,19H,1-3H3. The summed E-state index contributed by atoms with van der Waals surface area (Å²) in [5, 5.41) is 3.04. The van der Waals surface area contributed by atoms with Crippen LogP contribution < -0.4 is 5.32 Å². The summed E-state index contributed by atoms with van der Waals surface area (Å²) >= 11 is 0. The van der Waals surface area contributed by atoms with Gasteiger partial charge >= 0.3 is 6.18 Å². The topological polar surface area (TPSA) is 25.2 Å². The second-order valence-corrected chi connectivity index (χ2v) is 4.71. The van der Waals surface area contributed by atoms with Gasteiger partial charge in [-0.3, -0.25) is 0 Å². The zero-order chi connectivity index (χ0) is 14.9. The van der Waals surface area contributed by atoms with Crippen molar-refractivity contribution < 1.29 is 17.6 Å². The molecular weight excluding hydrogens is 267 g/mol. The van der Waals surface area contributed by atoms with Gasteiger partial charge in [0, 0.05) is 5.56 Å². The monoisotopic (exact) mass is 283 g/mol. The van der Waals surface area contributed by atoms with Gasteiger partial charge in [-0.05, 0) is 44.7 Å². The first-order valence-electron chi connectivity index (χ1n) is 6.24. The number of benzene rings is 1. The van der Waals surface area contributed by atoms with Crippen LogP contribution in [0.4, 0.5) is 13.2 Å². The Morgan fingerprint density at radius 3 is 2.35 bits per heavy atom. The molecule has 20 heavy (non-hydrogen) atoms. The van der Waals surface area contributed by atoms with Crippen molar-refractivity contribution in [1.29, 1.82) is 0 Å². The summed E-state index contributed by atoms with van der Waals surface area (Å²) in [6, 6.07) is 6.86. The molecule has 5 heteroatoms. The van der Waals surface area contributed by atoms with Crippen molar-refractivity contribution in [3.8, 4) is 0 Å². The molecule has 0 radical (unpaired) electrons. The molecule has 1 aromatic carbocycles. The van der Waals surface area contributed by atoms with Crippen molar-refractivity contribution in [3.63, 3.8) is 0 Å². The van der Waals surface area contributed by atoms with Crippen LogP contribution in [-0.4, -0.2) is 7.05 Å². The van der Waals surface area contributed by atoms with Gasteiger partial charge in [-0.25, -0.2) is 0 Å². The van der Waals surface area contributed by atoms with E-state index in [1.165, 1.54) is 12.1 Å². The van der Waals surface area contributed by atoms with Gasteiger partial charge in [-0.1, -0.05) is 12.1 Å². The van der Waals surface area contributed by atoms with Crippen LogP contribution in [0.1, 0.15) is 34.3 Å². The highest BCUT2D eigenvalue weighted by molar-refractivity contribution is 5.37. The average Bonchev–Trinajstić information content (AvgIpc) is 2.69. The molecule has 1 aromatic heterocycles. The Kier molecular flexibility index (Phi) is 3.90. The second-order valence-electron chi connectivity index (χ2n) is 4.71. The van der Waals surface area contributed by atoms with Crippen LogP contribution in [0.5, 0.6) is 0 Å². The molecule has 1 N–H and O–H groups in total. The maximum absolute atomic E-state index is 12.8. The number of aryl methyl sites for hydroxylation is 2. The van der Waals surface area contributed by atoms with Gasteiger partial charge in [-0.2, -0.15) is 13.2 Å². The number of halogens is 3. The zero-order valence-corrected chi connectivity index (χ0v) is 11.5. The van der Waals surface area contributed by atoms with Gasteiger partial charge in [0.15, 0.2) is 0 Å². The molecule has 0 spiro atoms. The molecule has 0 saturated carbocycles. The molecule has 0 bridgehead atoms. The lowest BCUT2D eigenvalue weighted by Gasteiger charge is -2.17. The molecule has 1 atom stereocenters. The number of hydrogen-bond acceptors (Lipinski definition) is 2. The van der Waals surface area contributed by atoms with Crippen molar-refractivity contribution >= 4 is 0 Å². The van der Waals surface area contributed by atoms with E-state index < -0.39 is 11.7 Å². The largest absolute Gasteiger partial charge is 0.466 e. The summed E-state index contributed by atoms with van der Waals surface area (Å²) in [7, 11) is 1.71. The van der Waals surface area contributed by atoms with E-state index in [9.17, 15) is 13.2 Å². The third-order valence-electron chi connectivity index (χ3n) is 3.23. The molecule has 0 saturated heterocycles. The fraction of sp³-hybridized carbons (Fsp3) is 0.333. The normalized spacial score (nSPS) is 13.5. The highest BCUT2D eigenvalue weighted by Crippen LogP contribution is 2.33. The van der Waals surface area contributed by atoms with E-state index in [-0.39, 0.29) is 6.04 Å². The van der Waals surface area contributed by atoms with Gasteiger partial charge in [-0.15, -0.1) is 0 Å². The highest BCUT2D eigenvalue weighted by Gasteiger charge is 2.31. The molecule has 2 nitrogen and oxygen atoms in total. The molecule has 1 unspecified atom stereocenters. The minimum Gasteiger partial charge on any atom is -0.466 e. The van der Waals surface area contributed by atoms with Gasteiger partial charge in [0.1, 0.15) is 11.5 Å². The molecule has 0 aliphatic rings. The molecule has 0 amide bonds. The van der Waals surface area contributed by atoms with Gasteiger partial charge in [0.25, 0.3) is 0 Å². The van der Waals surface area contributed by atoms with E-state index in [0.29, 0.717) is 11.3 Å². The summed E-state index contributed by atoms with van der Waals surface area (Å²) in [6.45, 7) is 3.62. The van der Waals surface area contributed by atoms with Crippen LogP contribution in [-0.2, 0) is 6.18 Å². The molecule has 0 aliphatic heterocycles. The van der Waals surface area contributed by atoms with Crippen LogP contribution in [0.3, 0.4) is 0 Å². The van der Waals surface area contributed by atoms with Gasteiger partial charge in [0.05, 0.1) is 11.6 Å². The molecule has 2 aromatic rings. The molecule has 1 heterocycles. The highest BCUT2D eigenvalue weighted by atomic mass is 19.4. The van der Waals surface area contributed by atoms with Crippen molar-refractivity contribution in [1.82, 2.24) is 5.32 Å². The summed E-state index contributed by atoms with van der Waals surface area (Å²) in [5.41, 5.74) is 0.767. The van der Waals surface area contributed by atoms with E-state index >= 15 is 0 Å². The lowest BCUT2D eigenvalue weighted by Crippen LogP contribution is -2.18. The van der Waals surface area contributed by atoms with Gasteiger partial charge < -0.3 is 9.73 Å². The lowest BCUT2D eigenvalue weighted by molar-refractivity contribution is -0.137. The number of rotatable bonds is 3. The third-order valence-corrected chi connectivity index (χ3v) is 3.23. The Morgan fingerprint density at radius 1 is 1.15 bits per heavy atom. The molecule has 108 valence electrons. The van der Waals surface area contributed by atoms with Crippen LogP contribution in [0.25, 0.3) is 0 Å². The van der Waals surface area contributed by atoms with E-state index in [0.717, 1.165) is 17.4 Å². The number of alkyl halides is 3. The predicted octanol–water partition coefficient (Wildman–Crippen LogP) is 4.22. The first kappa shape index (κ1) is 14.7. The lowest BCUT2D eigenvalue weighted by atomic mass is 9.97. The smallest absolute Gasteiger partial charge is 0.416 e. The fourth-order valence-electron chi connectivity index (χ4n) is 2.33. The molecule has 2 rings (SSSR count). The Hall–Kier alpha value is -1.75. The summed E-state index contributed by atoms with van der Waals surface area (Å²) in [5.74, 6) is 1.45. The Bertz CT molecular complexity index is 601. The van der Waals surface area contributed by atoms with E-state index in [1.807, 2.05) is 13.0 Å². The fourth-order valence-corrected chi connectivity index (χ4v) is 2.33. The minimum absolute atomic E-state index is 0.324. The molecule has 0 fully saturated rings. The van der Waals surface area contributed by atoms with E-state index in [4.69, 9.17) is 4.42 Å². The van der Waals surface area contributed by atoms with Crippen LogP contribution in [0.15, 0.2) is 34.7 Å². The number of nitrogens with one attached hydrogen (secondary N) is 1. The zero-order valence-electron chi connectivity index (χ0n) is 11.5. The van der Waals surface area contributed by atoms with Crippen molar-refractivity contribution in [2.24, 2.45) is 0 Å². The Morgan fingerprint density at radius 2 is 1.85 bits per heavy atom. The third kappa shape index (κ3) is 2.88. The quantitative estimate of drug-likeness (QED) is 0.912. The SMILES string of the molecule is CNC(c1cccc(C(F)(F)F)c1)c1cc(C)oc1C. The molecule has 0 aliphatic carbocycles. The molecular formula is C15H16F3NO. The summed E-state index contributed by atoms with van der Waals surface area (Å²) < 4.78 is 43.8. The average molecular weight is 283 g/mol. The number of hydrogen-bond donors (Lipinski definition) is 1. The minimum atomic E-state index is -4.34. The summed E-state index contributed by atoms with van der Waals surface area (Å²) in [4.78, 5) is 0. The van der Waals surface area contributed by atoms with E-state index in [1.54, 1.807) is 20.0 Å². The Labute approximate surface area is 115 Å². The maximum atomic E-state index is 12.8. The van der Waals surface area contributed by atoms with Gasteiger partial charge in [0.2, 0.25) is 0 Å². The van der Waals surface area contributed by atoms with Crippen LogP contribution in [0, 0.1) is 13.8 Å². The first-order valence-corrected chi connectivity index (χ1v) is 6.24. The van der Waals surface area contributed by atoms with Crippen LogP contribution in [0.2, 0.25) is 0 Å². The summed E-state index contributed by atoms with van der Waals surface area (Å²) in [6.07, 6.45) is -4.34. The number of furan rings is 1. The maximum Gasteiger partial charge on any atom is 0.416 e. The van der Waals surface area contributed by atoms with Crippen molar-refractivity contribution in [2.45, 2.75) is 26.1 Å². The second kappa shape index (κ2) is 5.32. The first-order chi connectivity index (χ1) is 9.32. The Balaban J connectivity index is 2.45. The van der Waals surface area contributed by atoms with Crippen molar-refractivity contribution in [3.05, 3.63) is 58.5 Å². The van der Waals surface area contributed by atoms with E-state index in [2.05, 4.69) is 5.32 Å².